The van der Waals surface area contributed by atoms with Crippen LogP contribution in [0.3, 0.4) is 0 Å². The highest BCUT2D eigenvalue weighted by molar-refractivity contribution is 5.96. The molecule has 3 aromatic heterocycles. The van der Waals surface area contributed by atoms with Gasteiger partial charge in [-0.3, -0.25) is 19.2 Å². The lowest BCUT2D eigenvalue weighted by Crippen LogP contribution is -2.51. The Bertz CT molecular complexity index is 2110. The number of benzene rings is 2. The zero-order chi connectivity index (χ0) is 32.5. The molecule has 5 aromatic rings. The number of H-pyrrole nitrogens is 1. The molecule has 2 aliphatic rings. The van der Waals surface area contributed by atoms with E-state index in [1.807, 2.05) is 12.1 Å². The van der Waals surface area contributed by atoms with Gasteiger partial charge in [-0.1, -0.05) is 29.5 Å². The van der Waals surface area contributed by atoms with E-state index in [0.29, 0.717) is 43.7 Å². The van der Waals surface area contributed by atoms with Gasteiger partial charge in [-0.05, 0) is 36.6 Å². The number of aromatic amines is 1. The SMILES string of the molecule is Cn1nnc2c(C(N)=O)ncn2c1=O.O=C(c1cc(Cc2n[nH]c(=O)c3ccccc23)ccc1F)N1CCN(C(=O)C2CC2)CC1. The summed E-state index contributed by atoms with van der Waals surface area (Å²) >= 11 is 0. The van der Waals surface area contributed by atoms with Crippen LogP contribution in [0, 0.1) is 11.7 Å². The van der Waals surface area contributed by atoms with Crippen molar-refractivity contribution in [2.24, 2.45) is 18.7 Å². The summed E-state index contributed by atoms with van der Waals surface area (Å²) < 4.78 is 16.7. The first kappa shape index (κ1) is 30.2. The molecule has 2 aromatic carbocycles. The summed E-state index contributed by atoms with van der Waals surface area (Å²) in [7, 11) is 1.44. The van der Waals surface area contributed by atoms with E-state index in [4.69, 9.17) is 5.73 Å². The Labute approximate surface area is 259 Å². The number of halogens is 1. The fraction of sp³-hybridized carbons (Fsp3) is 0.300. The number of rotatable bonds is 5. The summed E-state index contributed by atoms with van der Waals surface area (Å²) in [5, 5.41) is 15.1. The molecule has 7 rings (SSSR count). The van der Waals surface area contributed by atoms with Crippen LogP contribution in [0.5, 0.6) is 0 Å². The quantitative estimate of drug-likeness (QED) is 0.275. The lowest BCUT2D eigenvalue weighted by molar-refractivity contribution is -0.134. The number of imidazole rings is 1. The van der Waals surface area contributed by atoms with Gasteiger partial charge in [-0.15, -0.1) is 5.10 Å². The Kier molecular flexibility index (Phi) is 8.08. The number of nitrogens with two attached hydrogens (primary N) is 1. The molecule has 0 radical (unpaired) electrons. The van der Waals surface area contributed by atoms with E-state index in [1.165, 1.54) is 19.4 Å². The van der Waals surface area contributed by atoms with Gasteiger partial charge in [0.05, 0.1) is 16.6 Å². The number of carbonyl (C=O) groups excluding carboxylic acids is 3. The molecule has 16 heteroatoms. The molecule has 0 bridgehead atoms. The number of hydrogen-bond donors (Lipinski definition) is 2. The number of aromatic nitrogens is 7. The summed E-state index contributed by atoms with van der Waals surface area (Å²) in [6.07, 6.45) is 3.44. The number of fused-ring (bicyclic) bond motifs is 2. The minimum atomic E-state index is -0.741. The van der Waals surface area contributed by atoms with Crippen molar-refractivity contribution < 1.29 is 18.8 Å². The molecule has 0 unspecified atom stereocenters. The normalized spacial score (nSPS) is 14.7. The van der Waals surface area contributed by atoms with Crippen molar-refractivity contribution in [3.05, 3.63) is 98.0 Å². The molecule has 2 fully saturated rings. The third kappa shape index (κ3) is 5.96. The highest BCUT2D eigenvalue weighted by atomic mass is 19.1. The van der Waals surface area contributed by atoms with Gasteiger partial charge in [0.1, 0.15) is 12.1 Å². The predicted molar refractivity (Wildman–Crippen MR) is 161 cm³/mol. The van der Waals surface area contributed by atoms with E-state index >= 15 is 0 Å². The Morgan fingerprint density at radius 2 is 1.70 bits per heavy atom. The molecule has 1 saturated carbocycles. The Hall–Kier alpha value is -5.80. The van der Waals surface area contributed by atoms with Crippen molar-refractivity contribution >= 4 is 34.1 Å². The summed E-state index contributed by atoms with van der Waals surface area (Å²) in [5.41, 5.74) is 5.72. The second kappa shape index (κ2) is 12.3. The van der Waals surface area contributed by atoms with E-state index in [1.54, 1.807) is 34.1 Å². The number of nitrogens with zero attached hydrogens (tertiary/aromatic N) is 8. The number of nitrogens with one attached hydrogen (secondary N) is 1. The minimum Gasteiger partial charge on any atom is -0.364 e. The third-order valence-electron chi connectivity index (χ3n) is 7.95. The van der Waals surface area contributed by atoms with Crippen molar-refractivity contribution in [3.63, 3.8) is 0 Å². The summed E-state index contributed by atoms with van der Waals surface area (Å²) in [5.74, 6) is -1.36. The van der Waals surface area contributed by atoms with Crippen molar-refractivity contribution in [1.82, 2.24) is 44.4 Å². The second-order valence-electron chi connectivity index (χ2n) is 11.1. The van der Waals surface area contributed by atoms with Gasteiger partial charge < -0.3 is 15.5 Å². The molecule has 0 atom stereocenters. The van der Waals surface area contributed by atoms with Gasteiger partial charge in [0, 0.05) is 51.0 Å². The summed E-state index contributed by atoms with van der Waals surface area (Å²) in [4.78, 5) is 66.6. The lowest BCUT2D eigenvalue weighted by Gasteiger charge is -2.35. The van der Waals surface area contributed by atoms with Gasteiger partial charge >= 0.3 is 5.69 Å². The number of aryl methyl sites for hydroxylation is 1. The topological polar surface area (TPSA) is 195 Å². The Morgan fingerprint density at radius 1 is 1.00 bits per heavy atom. The summed E-state index contributed by atoms with van der Waals surface area (Å²) in [6, 6.07) is 11.6. The smallest absolute Gasteiger partial charge is 0.352 e. The monoisotopic (exact) mass is 628 g/mol. The zero-order valence-corrected chi connectivity index (χ0v) is 24.7. The molecule has 0 spiro atoms. The number of piperazine rings is 1. The van der Waals surface area contributed by atoms with Crippen LogP contribution in [-0.4, -0.2) is 88.3 Å². The Balaban J connectivity index is 0.000000221. The molecule has 1 aliphatic heterocycles. The van der Waals surface area contributed by atoms with Crippen LogP contribution in [0.15, 0.2) is 58.4 Å². The van der Waals surface area contributed by atoms with Crippen LogP contribution in [0.1, 0.15) is 44.9 Å². The first-order valence-electron chi connectivity index (χ1n) is 14.5. The molecule has 3 amide bonds. The van der Waals surface area contributed by atoms with E-state index in [9.17, 15) is 28.4 Å². The van der Waals surface area contributed by atoms with Crippen LogP contribution in [0.2, 0.25) is 0 Å². The predicted octanol–water partition coefficient (Wildman–Crippen LogP) is 0.269. The summed E-state index contributed by atoms with van der Waals surface area (Å²) in [6.45, 7) is 1.76. The van der Waals surface area contributed by atoms with Crippen LogP contribution in [0.25, 0.3) is 16.4 Å². The van der Waals surface area contributed by atoms with Crippen LogP contribution in [0.4, 0.5) is 4.39 Å². The number of hydrogen-bond acceptors (Lipinski definition) is 9. The standard InChI is InChI=1S/C24H23FN4O3.C6H6N6O2/c25-20-8-5-15(14-21-17-3-1-2-4-18(17)22(30)27-26-21)13-19(20)24(32)29-11-9-28(10-12-29)23(31)16-6-7-16;1-11-6(14)12-2-8-3(4(7)13)5(12)9-10-11/h1-5,8,13,16H,6-7,9-12,14H2,(H,27,30);2H,1H3,(H2,7,13). The first-order valence-corrected chi connectivity index (χ1v) is 14.5. The van der Waals surface area contributed by atoms with Crippen LogP contribution >= 0.6 is 0 Å². The second-order valence-corrected chi connectivity index (χ2v) is 11.1. The highest BCUT2D eigenvalue weighted by Gasteiger charge is 2.35. The molecule has 15 nitrogen and oxygen atoms in total. The van der Waals surface area contributed by atoms with Gasteiger partial charge in [0.15, 0.2) is 11.3 Å². The number of carbonyl (C=O) groups is 3. The van der Waals surface area contributed by atoms with Gasteiger partial charge in [-0.2, -0.15) is 9.78 Å². The maximum atomic E-state index is 14.6. The molecule has 1 aliphatic carbocycles. The first-order chi connectivity index (χ1) is 22.1. The lowest BCUT2D eigenvalue weighted by atomic mass is 10.0. The van der Waals surface area contributed by atoms with Crippen LogP contribution < -0.4 is 17.0 Å². The van der Waals surface area contributed by atoms with E-state index in [2.05, 4.69) is 25.5 Å². The molecule has 236 valence electrons. The maximum absolute atomic E-state index is 14.6. The zero-order valence-electron chi connectivity index (χ0n) is 24.7. The van der Waals surface area contributed by atoms with Gasteiger partial charge in [0.2, 0.25) is 5.91 Å². The molecular formula is C30H29FN10O5. The third-order valence-corrected chi connectivity index (χ3v) is 7.95. The van der Waals surface area contributed by atoms with E-state index in [0.717, 1.165) is 32.9 Å². The van der Waals surface area contributed by atoms with Crippen molar-refractivity contribution in [1.29, 1.82) is 0 Å². The average Bonchev–Trinajstić information content (AvgIpc) is 3.83. The minimum absolute atomic E-state index is 0.0122. The van der Waals surface area contributed by atoms with Crippen molar-refractivity contribution in [2.45, 2.75) is 19.3 Å². The fourth-order valence-electron chi connectivity index (χ4n) is 5.29. The van der Waals surface area contributed by atoms with Gasteiger partial charge in [0.25, 0.3) is 17.4 Å². The van der Waals surface area contributed by atoms with Gasteiger partial charge in [-0.25, -0.2) is 23.7 Å². The maximum Gasteiger partial charge on any atom is 0.352 e. The number of primary amides is 1. The molecule has 46 heavy (non-hydrogen) atoms. The highest BCUT2D eigenvalue weighted by Crippen LogP contribution is 2.31. The molecule has 4 heterocycles. The van der Waals surface area contributed by atoms with E-state index < -0.39 is 17.4 Å². The Morgan fingerprint density at radius 3 is 2.39 bits per heavy atom. The largest absolute Gasteiger partial charge is 0.364 e. The molecule has 3 N–H and O–H groups in total. The van der Waals surface area contributed by atoms with Crippen molar-refractivity contribution in [3.8, 4) is 0 Å². The fourth-order valence-corrected chi connectivity index (χ4v) is 5.29. The average molecular weight is 629 g/mol. The number of amides is 3. The molecule has 1 saturated heterocycles. The molecular weight excluding hydrogens is 599 g/mol. The van der Waals surface area contributed by atoms with Crippen LogP contribution in [-0.2, 0) is 18.3 Å². The van der Waals surface area contributed by atoms with Crippen molar-refractivity contribution in [2.75, 3.05) is 26.2 Å². The van der Waals surface area contributed by atoms with E-state index in [-0.39, 0.29) is 40.2 Å².